The molecule has 2 aromatic heterocycles. The zero-order valence-corrected chi connectivity index (χ0v) is 16.4. The number of nitrogens with zero attached hydrogens (tertiary/aromatic N) is 4. The van der Waals surface area contributed by atoms with E-state index in [0.717, 1.165) is 11.3 Å². The molecule has 2 N–H and O–H groups in total. The van der Waals surface area contributed by atoms with E-state index in [1.807, 2.05) is 26.8 Å². The number of carbonyl (C=O) groups is 1. The number of primary sulfonamides is 1. The lowest BCUT2D eigenvalue weighted by Gasteiger charge is -2.26. The summed E-state index contributed by atoms with van der Waals surface area (Å²) in [6.45, 7) is 5.56. The summed E-state index contributed by atoms with van der Waals surface area (Å²) in [5.41, 5.74) is 3.48. The van der Waals surface area contributed by atoms with E-state index >= 15 is 0 Å². The van der Waals surface area contributed by atoms with Crippen molar-refractivity contribution >= 4 is 21.6 Å². The molecule has 0 bridgehead atoms. The zero-order valence-electron chi connectivity index (χ0n) is 15.5. The van der Waals surface area contributed by atoms with Gasteiger partial charge in [0.2, 0.25) is 10.0 Å². The maximum Gasteiger partial charge on any atom is 0.257 e. The number of rotatable bonds is 4. The van der Waals surface area contributed by atoms with Gasteiger partial charge in [-0.1, -0.05) is 12.1 Å². The lowest BCUT2D eigenvalue weighted by Crippen LogP contribution is -2.30. The van der Waals surface area contributed by atoms with Crippen LogP contribution in [0, 0.1) is 13.8 Å². The Morgan fingerprint density at radius 1 is 1.22 bits per heavy atom. The molecule has 3 aromatic rings. The van der Waals surface area contributed by atoms with Crippen molar-refractivity contribution in [3.8, 4) is 0 Å². The van der Waals surface area contributed by atoms with Gasteiger partial charge in [0.15, 0.2) is 5.65 Å². The topological polar surface area (TPSA) is 111 Å². The van der Waals surface area contributed by atoms with Crippen LogP contribution in [0.4, 0.5) is 0 Å². The molecule has 0 radical (unpaired) electrons. The summed E-state index contributed by atoms with van der Waals surface area (Å²) >= 11 is 0. The first-order valence-corrected chi connectivity index (χ1v) is 9.86. The molecule has 0 aliphatic heterocycles. The van der Waals surface area contributed by atoms with Crippen LogP contribution in [-0.2, 0) is 10.0 Å². The number of benzene rings is 1. The molecule has 1 aromatic carbocycles. The SMILES string of the molecule is Cc1cc2ncc(C(=O)N(C)C(C)c3ccc(S(N)(=O)=O)cc3)c(C)n2n1. The molecule has 0 saturated heterocycles. The average Bonchev–Trinajstić information content (AvgIpc) is 3.01. The van der Waals surface area contributed by atoms with Crippen molar-refractivity contribution in [3.05, 3.63) is 59.0 Å². The maximum atomic E-state index is 13.0. The van der Waals surface area contributed by atoms with Gasteiger partial charge in [-0.25, -0.2) is 23.1 Å². The molecule has 27 heavy (non-hydrogen) atoms. The molecule has 1 atom stereocenters. The van der Waals surface area contributed by atoms with Gasteiger partial charge in [-0.3, -0.25) is 4.79 Å². The normalized spacial score (nSPS) is 12.9. The van der Waals surface area contributed by atoms with Gasteiger partial charge in [-0.2, -0.15) is 5.10 Å². The number of aryl methyl sites for hydroxylation is 2. The third-order valence-electron chi connectivity index (χ3n) is 4.67. The Morgan fingerprint density at radius 3 is 2.44 bits per heavy atom. The highest BCUT2D eigenvalue weighted by atomic mass is 32.2. The lowest BCUT2D eigenvalue weighted by atomic mass is 10.1. The van der Waals surface area contributed by atoms with Gasteiger partial charge in [0.05, 0.1) is 27.9 Å². The molecule has 1 amide bonds. The third kappa shape index (κ3) is 3.56. The highest BCUT2D eigenvalue weighted by Crippen LogP contribution is 2.23. The molecule has 0 saturated carbocycles. The van der Waals surface area contributed by atoms with Crippen LogP contribution >= 0.6 is 0 Å². The molecule has 8 nitrogen and oxygen atoms in total. The molecular weight excluding hydrogens is 366 g/mol. The first-order valence-electron chi connectivity index (χ1n) is 8.31. The predicted molar refractivity (Wildman–Crippen MR) is 101 cm³/mol. The first kappa shape index (κ1) is 19.0. The second-order valence-electron chi connectivity index (χ2n) is 6.52. The lowest BCUT2D eigenvalue weighted by molar-refractivity contribution is 0.0740. The highest BCUT2D eigenvalue weighted by Gasteiger charge is 2.22. The van der Waals surface area contributed by atoms with Crippen molar-refractivity contribution in [3.63, 3.8) is 0 Å². The number of carbonyl (C=O) groups excluding carboxylic acids is 1. The molecule has 0 fully saturated rings. The molecule has 0 spiro atoms. The predicted octanol–water partition coefficient (Wildman–Crippen LogP) is 1.83. The van der Waals surface area contributed by atoms with E-state index in [2.05, 4.69) is 10.1 Å². The van der Waals surface area contributed by atoms with Crippen molar-refractivity contribution in [2.45, 2.75) is 31.7 Å². The number of aromatic nitrogens is 3. The minimum atomic E-state index is -3.75. The summed E-state index contributed by atoms with van der Waals surface area (Å²) < 4.78 is 24.4. The van der Waals surface area contributed by atoms with E-state index in [0.29, 0.717) is 16.9 Å². The molecule has 0 aliphatic rings. The minimum Gasteiger partial charge on any atom is -0.335 e. The Bertz CT molecular complexity index is 1120. The van der Waals surface area contributed by atoms with Crippen LogP contribution in [0.1, 0.15) is 40.3 Å². The van der Waals surface area contributed by atoms with Gasteiger partial charge < -0.3 is 4.90 Å². The minimum absolute atomic E-state index is 0.0342. The fraction of sp³-hybridized carbons (Fsp3) is 0.278. The third-order valence-corrected chi connectivity index (χ3v) is 5.60. The van der Waals surface area contributed by atoms with Crippen molar-refractivity contribution in [1.29, 1.82) is 0 Å². The summed E-state index contributed by atoms with van der Waals surface area (Å²) in [6, 6.07) is 7.75. The Hall–Kier alpha value is -2.78. The number of fused-ring (bicyclic) bond motifs is 1. The Morgan fingerprint density at radius 2 is 1.85 bits per heavy atom. The molecular formula is C18H21N5O3S. The average molecular weight is 387 g/mol. The standard InChI is InChI=1S/C18H21N5O3S/c1-11-9-17-20-10-16(13(3)23(17)21-11)18(24)22(4)12(2)14-5-7-15(8-6-14)27(19,25)26/h5-10,12H,1-4H3,(H2,19,25,26). The van der Waals surface area contributed by atoms with Crippen LogP contribution in [0.5, 0.6) is 0 Å². The Kier molecular flexibility index (Phi) is 4.75. The van der Waals surface area contributed by atoms with Crippen molar-refractivity contribution in [2.75, 3.05) is 7.05 Å². The number of hydrogen-bond acceptors (Lipinski definition) is 5. The molecule has 0 aliphatic carbocycles. The fourth-order valence-corrected chi connectivity index (χ4v) is 3.41. The summed E-state index contributed by atoms with van der Waals surface area (Å²) in [6.07, 6.45) is 1.56. The highest BCUT2D eigenvalue weighted by molar-refractivity contribution is 7.89. The van der Waals surface area contributed by atoms with E-state index in [-0.39, 0.29) is 16.8 Å². The number of sulfonamides is 1. The smallest absolute Gasteiger partial charge is 0.257 e. The largest absolute Gasteiger partial charge is 0.335 e. The van der Waals surface area contributed by atoms with Crippen LogP contribution < -0.4 is 5.14 Å². The van der Waals surface area contributed by atoms with Gasteiger partial charge >= 0.3 is 0 Å². The maximum absolute atomic E-state index is 13.0. The monoisotopic (exact) mass is 387 g/mol. The number of amides is 1. The van der Waals surface area contributed by atoms with Gasteiger partial charge in [0.1, 0.15) is 0 Å². The van der Waals surface area contributed by atoms with E-state index in [4.69, 9.17) is 5.14 Å². The van der Waals surface area contributed by atoms with Crippen LogP contribution in [0.2, 0.25) is 0 Å². The fourth-order valence-electron chi connectivity index (χ4n) is 2.90. The van der Waals surface area contributed by atoms with Crippen LogP contribution in [0.25, 0.3) is 5.65 Å². The molecule has 142 valence electrons. The second-order valence-corrected chi connectivity index (χ2v) is 8.08. The van der Waals surface area contributed by atoms with Crippen LogP contribution in [0.3, 0.4) is 0 Å². The summed E-state index contributed by atoms with van der Waals surface area (Å²) in [5, 5.41) is 9.49. The molecule has 2 heterocycles. The van der Waals surface area contributed by atoms with E-state index in [1.165, 1.54) is 12.1 Å². The first-order chi connectivity index (χ1) is 12.6. The van der Waals surface area contributed by atoms with Crippen LogP contribution in [-0.4, -0.2) is 40.9 Å². The van der Waals surface area contributed by atoms with Gasteiger partial charge in [-0.15, -0.1) is 0 Å². The zero-order chi connectivity index (χ0) is 19.9. The van der Waals surface area contributed by atoms with E-state index < -0.39 is 10.0 Å². The Labute approximate surface area is 157 Å². The summed E-state index contributed by atoms with van der Waals surface area (Å²) in [7, 11) is -2.05. The molecule has 1 unspecified atom stereocenters. The Balaban J connectivity index is 1.89. The van der Waals surface area contributed by atoms with Gasteiger partial charge in [0.25, 0.3) is 5.91 Å². The quantitative estimate of drug-likeness (QED) is 0.734. The van der Waals surface area contributed by atoms with Crippen molar-refractivity contribution in [2.24, 2.45) is 5.14 Å². The summed E-state index contributed by atoms with van der Waals surface area (Å²) in [4.78, 5) is 18.9. The van der Waals surface area contributed by atoms with Gasteiger partial charge in [-0.05, 0) is 38.5 Å². The molecule has 9 heteroatoms. The second kappa shape index (κ2) is 6.75. The molecule has 3 rings (SSSR count). The summed E-state index contributed by atoms with van der Waals surface area (Å²) in [5.74, 6) is -0.196. The van der Waals surface area contributed by atoms with E-state index in [1.54, 1.807) is 34.8 Å². The number of nitrogens with two attached hydrogens (primary N) is 1. The van der Waals surface area contributed by atoms with Crippen molar-refractivity contribution < 1.29 is 13.2 Å². The van der Waals surface area contributed by atoms with E-state index in [9.17, 15) is 13.2 Å². The van der Waals surface area contributed by atoms with Gasteiger partial charge in [0, 0.05) is 19.3 Å². The number of hydrogen-bond donors (Lipinski definition) is 1. The van der Waals surface area contributed by atoms with Crippen LogP contribution in [0.15, 0.2) is 41.4 Å². The van der Waals surface area contributed by atoms with Crippen molar-refractivity contribution in [1.82, 2.24) is 19.5 Å².